The number of nitrogens with two attached hydrogens (primary N) is 1. The SMILES string of the molecule is CC(CC(N)=O)n1c(NC(=O)c2cccnc2)nc2cc(C(=O)N(C)C3CCCCC3)ccc21. The van der Waals surface area contributed by atoms with E-state index in [1.54, 1.807) is 35.0 Å². The first-order chi connectivity index (χ1) is 16.3. The Morgan fingerprint density at radius 3 is 2.62 bits per heavy atom. The number of carbonyl (C=O) groups excluding carboxylic acids is 3. The van der Waals surface area contributed by atoms with E-state index in [0.29, 0.717) is 22.2 Å². The lowest BCUT2D eigenvalue weighted by atomic mass is 9.94. The Hall–Kier alpha value is -3.75. The number of hydrogen-bond donors (Lipinski definition) is 2. The smallest absolute Gasteiger partial charge is 0.259 e. The van der Waals surface area contributed by atoms with Crippen molar-refractivity contribution in [2.75, 3.05) is 12.4 Å². The summed E-state index contributed by atoms with van der Waals surface area (Å²) in [6.45, 7) is 1.83. The lowest BCUT2D eigenvalue weighted by molar-refractivity contribution is -0.118. The number of nitrogens with zero attached hydrogens (tertiary/aromatic N) is 4. The maximum absolute atomic E-state index is 13.2. The summed E-state index contributed by atoms with van der Waals surface area (Å²) in [5.74, 6) is -0.596. The minimum atomic E-state index is -0.459. The fourth-order valence-electron chi connectivity index (χ4n) is 4.66. The minimum Gasteiger partial charge on any atom is -0.370 e. The molecule has 0 spiro atoms. The first-order valence-electron chi connectivity index (χ1n) is 11.6. The average Bonchev–Trinajstić information content (AvgIpc) is 3.20. The first kappa shape index (κ1) is 23.4. The van der Waals surface area contributed by atoms with E-state index in [4.69, 9.17) is 5.73 Å². The number of rotatable bonds is 7. The summed E-state index contributed by atoms with van der Waals surface area (Å²) in [7, 11) is 1.86. The summed E-state index contributed by atoms with van der Waals surface area (Å²) in [4.78, 5) is 48.0. The summed E-state index contributed by atoms with van der Waals surface area (Å²) < 4.78 is 1.77. The zero-order chi connectivity index (χ0) is 24.2. The van der Waals surface area contributed by atoms with Crippen LogP contribution >= 0.6 is 0 Å². The van der Waals surface area contributed by atoms with Crippen molar-refractivity contribution in [3.8, 4) is 0 Å². The van der Waals surface area contributed by atoms with Crippen LogP contribution in [0.15, 0.2) is 42.7 Å². The lowest BCUT2D eigenvalue weighted by Gasteiger charge is -2.31. The van der Waals surface area contributed by atoms with E-state index in [9.17, 15) is 14.4 Å². The number of aromatic nitrogens is 3. The number of nitrogens with one attached hydrogen (secondary N) is 1. The summed E-state index contributed by atoms with van der Waals surface area (Å²) in [5, 5.41) is 2.82. The normalized spacial score (nSPS) is 15.1. The van der Waals surface area contributed by atoms with Gasteiger partial charge in [0.15, 0.2) is 0 Å². The molecule has 4 rings (SSSR count). The second kappa shape index (κ2) is 10.0. The largest absolute Gasteiger partial charge is 0.370 e. The van der Waals surface area contributed by atoms with E-state index >= 15 is 0 Å². The quantitative estimate of drug-likeness (QED) is 0.556. The first-order valence-corrected chi connectivity index (χ1v) is 11.6. The van der Waals surface area contributed by atoms with Gasteiger partial charge in [-0.15, -0.1) is 0 Å². The lowest BCUT2D eigenvalue weighted by Crippen LogP contribution is -2.38. The molecule has 9 nitrogen and oxygen atoms in total. The molecule has 9 heteroatoms. The number of imidazole rings is 1. The predicted octanol–water partition coefficient (Wildman–Crippen LogP) is 3.52. The van der Waals surface area contributed by atoms with Crippen molar-refractivity contribution < 1.29 is 14.4 Å². The van der Waals surface area contributed by atoms with Crippen LogP contribution in [0.4, 0.5) is 5.95 Å². The van der Waals surface area contributed by atoms with Crippen LogP contribution < -0.4 is 11.1 Å². The number of pyridine rings is 1. The maximum atomic E-state index is 13.2. The van der Waals surface area contributed by atoms with Gasteiger partial charge in [0.25, 0.3) is 11.8 Å². The molecule has 1 fully saturated rings. The van der Waals surface area contributed by atoms with Crippen LogP contribution in [0.2, 0.25) is 0 Å². The van der Waals surface area contributed by atoms with E-state index in [2.05, 4.69) is 15.3 Å². The van der Waals surface area contributed by atoms with Gasteiger partial charge >= 0.3 is 0 Å². The van der Waals surface area contributed by atoms with Gasteiger partial charge in [-0.05, 0) is 50.1 Å². The summed E-state index contributed by atoms with van der Waals surface area (Å²) >= 11 is 0. The van der Waals surface area contributed by atoms with Gasteiger partial charge in [0, 0.05) is 43.5 Å². The highest BCUT2D eigenvalue weighted by Crippen LogP contribution is 2.29. The number of anilines is 1. The fraction of sp³-hybridized carbons (Fsp3) is 0.400. The number of primary amides is 1. The zero-order valence-corrected chi connectivity index (χ0v) is 19.5. The Kier molecular flexibility index (Phi) is 6.90. The van der Waals surface area contributed by atoms with Gasteiger partial charge in [0.1, 0.15) is 0 Å². The van der Waals surface area contributed by atoms with Crippen molar-refractivity contribution in [1.29, 1.82) is 0 Å². The topological polar surface area (TPSA) is 123 Å². The highest BCUT2D eigenvalue weighted by molar-refractivity contribution is 6.04. The van der Waals surface area contributed by atoms with Crippen LogP contribution in [-0.4, -0.2) is 50.2 Å². The van der Waals surface area contributed by atoms with Crippen LogP contribution in [0, 0.1) is 0 Å². The van der Waals surface area contributed by atoms with Crippen LogP contribution in [0.5, 0.6) is 0 Å². The number of benzene rings is 1. The molecule has 178 valence electrons. The van der Waals surface area contributed by atoms with Gasteiger partial charge < -0.3 is 15.2 Å². The third-order valence-corrected chi connectivity index (χ3v) is 6.47. The van der Waals surface area contributed by atoms with Gasteiger partial charge in [-0.1, -0.05) is 19.3 Å². The van der Waals surface area contributed by atoms with Gasteiger partial charge in [-0.2, -0.15) is 0 Å². The number of carbonyl (C=O) groups is 3. The molecular weight excluding hydrogens is 432 g/mol. The molecule has 3 amide bonds. The molecule has 0 aliphatic heterocycles. The van der Waals surface area contributed by atoms with Gasteiger partial charge in [0.05, 0.1) is 16.6 Å². The molecular formula is C25H30N6O3. The number of amides is 3. The van der Waals surface area contributed by atoms with E-state index in [0.717, 1.165) is 25.7 Å². The predicted molar refractivity (Wildman–Crippen MR) is 129 cm³/mol. The average molecular weight is 463 g/mol. The molecule has 34 heavy (non-hydrogen) atoms. The van der Waals surface area contributed by atoms with Crippen molar-refractivity contribution in [2.45, 2.75) is 57.5 Å². The van der Waals surface area contributed by atoms with Gasteiger partial charge in [-0.3, -0.25) is 24.7 Å². The Bertz CT molecular complexity index is 1200. The molecule has 0 radical (unpaired) electrons. The third kappa shape index (κ3) is 4.93. The molecule has 2 heterocycles. The van der Waals surface area contributed by atoms with Crippen LogP contribution in [0.25, 0.3) is 11.0 Å². The summed E-state index contributed by atoms with van der Waals surface area (Å²) in [6, 6.07) is 8.55. The highest BCUT2D eigenvalue weighted by Gasteiger charge is 2.25. The van der Waals surface area contributed by atoms with Crippen LogP contribution in [0.1, 0.15) is 72.2 Å². The molecule has 3 N–H and O–H groups in total. The van der Waals surface area contributed by atoms with E-state index in [1.807, 2.05) is 24.9 Å². The van der Waals surface area contributed by atoms with E-state index in [1.165, 1.54) is 12.6 Å². The molecule has 1 aromatic carbocycles. The molecule has 1 aliphatic carbocycles. The summed E-state index contributed by atoms with van der Waals surface area (Å²) in [5.41, 5.74) is 7.62. The summed E-state index contributed by atoms with van der Waals surface area (Å²) in [6.07, 6.45) is 8.68. The molecule has 1 saturated carbocycles. The van der Waals surface area contributed by atoms with E-state index in [-0.39, 0.29) is 36.3 Å². The standard InChI is InChI=1S/C25H30N6O3/c1-16(13-22(26)32)31-21-11-10-17(24(34)30(2)19-8-4-3-5-9-19)14-20(21)28-25(31)29-23(33)18-7-6-12-27-15-18/h6-7,10-12,14-16,19H,3-5,8-9,13H2,1-2H3,(H2,26,32)(H,28,29,33). The Balaban J connectivity index is 1.68. The van der Waals surface area contributed by atoms with Crippen molar-refractivity contribution in [3.63, 3.8) is 0 Å². The molecule has 1 unspecified atom stereocenters. The fourth-order valence-corrected chi connectivity index (χ4v) is 4.66. The Morgan fingerprint density at radius 2 is 1.94 bits per heavy atom. The van der Waals surface area contributed by atoms with Crippen LogP contribution in [-0.2, 0) is 4.79 Å². The second-order valence-corrected chi connectivity index (χ2v) is 8.93. The molecule has 0 bridgehead atoms. The molecule has 1 aliphatic rings. The molecule has 0 saturated heterocycles. The van der Waals surface area contributed by atoms with Crippen LogP contribution in [0.3, 0.4) is 0 Å². The van der Waals surface area contributed by atoms with Gasteiger partial charge in [0.2, 0.25) is 11.9 Å². The Morgan fingerprint density at radius 1 is 1.18 bits per heavy atom. The second-order valence-electron chi connectivity index (χ2n) is 8.93. The van der Waals surface area contributed by atoms with Crippen molar-refractivity contribution in [2.24, 2.45) is 5.73 Å². The number of hydrogen-bond acceptors (Lipinski definition) is 5. The van der Waals surface area contributed by atoms with E-state index < -0.39 is 5.91 Å². The highest BCUT2D eigenvalue weighted by atomic mass is 16.2. The number of fused-ring (bicyclic) bond motifs is 1. The molecule has 2 aromatic heterocycles. The molecule has 1 atom stereocenters. The molecule has 3 aromatic rings. The maximum Gasteiger partial charge on any atom is 0.259 e. The van der Waals surface area contributed by atoms with Gasteiger partial charge in [-0.25, -0.2) is 4.98 Å². The van der Waals surface area contributed by atoms with Crippen molar-refractivity contribution in [1.82, 2.24) is 19.4 Å². The Labute approximate surface area is 198 Å². The minimum absolute atomic E-state index is 0.0468. The van der Waals surface area contributed by atoms with Crippen molar-refractivity contribution >= 4 is 34.7 Å². The third-order valence-electron chi connectivity index (χ3n) is 6.47. The van der Waals surface area contributed by atoms with Crippen molar-refractivity contribution in [3.05, 3.63) is 53.9 Å². The zero-order valence-electron chi connectivity index (χ0n) is 19.5. The monoisotopic (exact) mass is 462 g/mol.